The van der Waals surface area contributed by atoms with E-state index in [4.69, 9.17) is 4.52 Å². The quantitative estimate of drug-likeness (QED) is 0.876. The fraction of sp³-hybridized carbons (Fsp3) is 0.438. The Labute approximate surface area is 118 Å². The van der Waals surface area contributed by atoms with Crippen LogP contribution in [0.2, 0.25) is 0 Å². The Hall–Kier alpha value is -1.65. The lowest BCUT2D eigenvalue weighted by molar-refractivity contribution is 0.299. The normalized spacial score (nSPS) is 18.6. The molecule has 1 aliphatic rings. The Morgan fingerprint density at radius 1 is 1.30 bits per heavy atom. The molecule has 2 N–H and O–H groups in total. The number of aliphatic hydroxyl groups excluding tert-OH is 1. The highest BCUT2D eigenvalue weighted by Crippen LogP contribution is 2.24. The SMILES string of the molecule is OCCc1cc(-c2ccno2)ccc1CC1CCCN1. The van der Waals surface area contributed by atoms with Crippen molar-refractivity contribution in [3.05, 3.63) is 41.6 Å². The molecule has 3 rings (SSSR count). The number of nitrogens with one attached hydrogen (secondary N) is 1. The van der Waals surface area contributed by atoms with Crippen molar-refractivity contribution in [3.63, 3.8) is 0 Å². The fourth-order valence-corrected chi connectivity index (χ4v) is 2.89. The highest BCUT2D eigenvalue weighted by atomic mass is 16.5. The Bertz CT molecular complexity index is 546. The monoisotopic (exact) mass is 272 g/mol. The number of aliphatic hydroxyl groups is 1. The molecule has 4 nitrogen and oxygen atoms in total. The highest BCUT2D eigenvalue weighted by molar-refractivity contribution is 5.59. The first-order valence-electron chi connectivity index (χ1n) is 7.24. The van der Waals surface area contributed by atoms with E-state index in [0.717, 1.165) is 24.3 Å². The molecule has 1 unspecified atom stereocenters. The van der Waals surface area contributed by atoms with Gasteiger partial charge >= 0.3 is 0 Å². The lowest BCUT2D eigenvalue weighted by Crippen LogP contribution is -2.24. The third-order valence-corrected chi connectivity index (χ3v) is 3.94. The maximum absolute atomic E-state index is 9.28. The van der Waals surface area contributed by atoms with Crippen LogP contribution in [0.3, 0.4) is 0 Å². The third kappa shape index (κ3) is 2.92. The molecule has 0 bridgehead atoms. The van der Waals surface area contributed by atoms with Gasteiger partial charge < -0.3 is 14.9 Å². The van der Waals surface area contributed by atoms with Gasteiger partial charge in [0.1, 0.15) is 0 Å². The molecule has 1 aliphatic heterocycles. The summed E-state index contributed by atoms with van der Waals surface area (Å²) in [7, 11) is 0. The minimum Gasteiger partial charge on any atom is -0.396 e. The van der Waals surface area contributed by atoms with Crippen molar-refractivity contribution in [1.82, 2.24) is 10.5 Å². The van der Waals surface area contributed by atoms with Gasteiger partial charge in [-0.25, -0.2) is 0 Å². The summed E-state index contributed by atoms with van der Waals surface area (Å²) < 4.78 is 5.20. The van der Waals surface area contributed by atoms with Gasteiger partial charge in [0.15, 0.2) is 5.76 Å². The van der Waals surface area contributed by atoms with Crippen molar-refractivity contribution < 1.29 is 9.63 Å². The number of hydrogen-bond donors (Lipinski definition) is 2. The Kier molecular flexibility index (Phi) is 4.14. The van der Waals surface area contributed by atoms with Gasteiger partial charge in [0.2, 0.25) is 0 Å². The summed E-state index contributed by atoms with van der Waals surface area (Å²) in [5.74, 6) is 0.773. The van der Waals surface area contributed by atoms with E-state index in [0.29, 0.717) is 12.5 Å². The first-order valence-corrected chi connectivity index (χ1v) is 7.24. The molecule has 2 heterocycles. The van der Waals surface area contributed by atoms with E-state index in [-0.39, 0.29) is 6.61 Å². The maximum Gasteiger partial charge on any atom is 0.166 e. The Morgan fingerprint density at radius 2 is 2.25 bits per heavy atom. The molecule has 1 atom stereocenters. The van der Waals surface area contributed by atoms with Crippen LogP contribution < -0.4 is 5.32 Å². The van der Waals surface area contributed by atoms with E-state index in [1.807, 2.05) is 6.07 Å². The van der Waals surface area contributed by atoms with Crippen LogP contribution >= 0.6 is 0 Å². The largest absolute Gasteiger partial charge is 0.396 e. The summed E-state index contributed by atoms with van der Waals surface area (Å²) in [5, 5.41) is 16.5. The van der Waals surface area contributed by atoms with Crippen LogP contribution in [-0.4, -0.2) is 29.5 Å². The van der Waals surface area contributed by atoms with Crippen molar-refractivity contribution >= 4 is 0 Å². The highest BCUT2D eigenvalue weighted by Gasteiger charge is 2.16. The van der Waals surface area contributed by atoms with Crippen LogP contribution in [0.4, 0.5) is 0 Å². The molecule has 1 aromatic carbocycles. The van der Waals surface area contributed by atoms with E-state index < -0.39 is 0 Å². The van der Waals surface area contributed by atoms with E-state index in [1.54, 1.807) is 6.20 Å². The topological polar surface area (TPSA) is 58.3 Å². The van der Waals surface area contributed by atoms with Crippen LogP contribution in [0.1, 0.15) is 24.0 Å². The molecule has 0 radical (unpaired) electrons. The summed E-state index contributed by atoms with van der Waals surface area (Å²) in [4.78, 5) is 0. The smallest absolute Gasteiger partial charge is 0.166 e. The zero-order chi connectivity index (χ0) is 13.8. The van der Waals surface area contributed by atoms with Crippen LogP contribution in [-0.2, 0) is 12.8 Å². The number of nitrogens with zero attached hydrogens (tertiary/aromatic N) is 1. The number of rotatable bonds is 5. The molecule has 106 valence electrons. The summed E-state index contributed by atoms with van der Waals surface area (Å²) in [5.41, 5.74) is 3.55. The van der Waals surface area contributed by atoms with Crippen molar-refractivity contribution in [1.29, 1.82) is 0 Å². The second-order valence-electron chi connectivity index (χ2n) is 5.33. The Balaban J connectivity index is 1.85. The van der Waals surface area contributed by atoms with Crippen molar-refractivity contribution in [3.8, 4) is 11.3 Å². The summed E-state index contributed by atoms with van der Waals surface area (Å²) in [6.07, 6.45) is 5.87. The van der Waals surface area contributed by atoms with E-state index in [1.165, 1.54) is 24.0 Å². The van der Waals surface area contributed by atoms with Crippen molar-refractivity contribution in [2.75, 3.05) is 13.2 Å². The van der Waals surface area contributed by atoms with E-state index in [9.17, 15) is 5.11 Å². The number of benzene rings is 1. The molecule has 0 spiro atoms. The van der Waals surface area contributed by atoms with Gasteiger partial charge in [0, 0.05) is 24.3 Å². The molecule has 4 heteroatoms. The van der Waals surface area contributed by atoms with Crippen LogP contribution in [0.25, 0.3) is 11.3 Å². The minimum absolute atomic E-state index is 0.172. The maximum atomic E-state index is 9.28. The average Bonchev–Trinajstić information content (AvgIpc) is 3.13. The molecule has 1 aromatic heterocycles. The molecule has 20 heavy (non-hydrogen) atoms. The first-order chi connectivity index (χ1) is 9.86. The van der Waals surface area contributed by atoms with Gasteiger partial charge in [-0.15, -0.1) is 0 Å². The number of aromatic nitrogens is 1. The average molecular weight is 272 g/mol. The molecular weight excluding hydrogens is 252 g/mol. The predicted octanol–water partition coefficient (Wildman–Crippen LogP) is 2.17. The Morgan fingerprint density at radius 3 is 2.95 bits per heavy atom. The molecule has 1 saturated heterocycles. The summed E-state index contributed by atoms with van der Waals surface area (Å²) in [6, 6.07) is 8.77. The molecule has 0 aliphatic carbocycles. The summed E-state index contributed by atoms with van der Waals surface area (Å²) >= 11 is 0. The van der Waals surface area contributed by atoms with E-state index in [2.05, 4.69) is 28.7 Å². The second kappa shape index (κ2) is 6.20. The van der Waals surface area contributed by atoms with Gasteiger partial charge in [0.25, 0.3) is 0 Å². The molecule has 0 saturated carbocycles. The van der Waals surface area contributed by atoms with Gasteiger partial charge in [-0.3, -0.25) is 0 Å². The van der Waals surface area contributed by atoms with Crippen LogP contribution in [0.15, 0.2) is 35.0 Å². The van der Waals surface area contributed by atoms with Gasteiger partial charge in [-0.05, 0) is 49.4 Å². The fourth-order valence-electron chi connectivity index (χ4n) is 2.89. The van der Waals surface area contributed by atoms with E-state index >= 15 is 0 Å². The van der Waals surface area contributed by atoms with Crippen LogP contribution in [0.5, 0.6) is 0 Å². The lowest BCUT2D eigenvalue weighted by Gasteiger charge is -2.14. The van der Waals surface area contributed by atoms with Gasteiger partial charge in [-0.2, -0.15) is 0 Å². The van der Waals surface area contributed by atoms with Crippen molar-refractivity contribution in [2.45, 2.75) is 31.7 Å². The second-order valence-corrected chi connectivity index (χ2v) is 5.33. The predicted molar refractivity (Wildman–Crippen MR) is 77.5 cm³/mol. The molecule has 2 aromatic rings. The zero-order valence-corrected chi connectivity index (χ0v) is 11.5. The van der Waals surface area contributed by atoms with Crippen molar-refractivity contribution in [2.24, 2.45) is 0 Å². The molecular formula is C16H20N2O2. The van der Waals surface area contributed by atoms with Gasteiger partial charge in [-0.1, -0.05) is 17.3 Å². The first kappa shape index (κ1) is 13.3. The summed E-state index contributed by atoms with van der Waals surface area (Å²) in [6.45, 7) is 1.29. The minimum atomic E-state index is 0.172. The van der Waals surface area contributed by atoms with Gasteiger partial charge in [0.05, 0.1) is 6.20 Å². The lowest BCUT2D eigenvalue weighted by atomic mass is 9.95. The third-order valence-electron chi connectivity index (χ3n) is 3.94. The standard InChI is InChI=1S/C16H20N2O2/c19-9-6-13-10-14(16-5-8-18-20-16)4-3-12(13)11-15-2-1-7-17-15/h3-5,8,10,15,17,19H,1-2,6-7,9,11H2. The molecule has 0 amide bonds. The molecule has 1 fully saturated rings. The van der Waals surface area contributed by atoms with Crippen LogP contribution in [0, 0.1) is 0 Å². The zero-order valence-electron chi connectivity index (χ0n) is 11.5. The number of hydrogen-bond acceptors (Lipinski definition) is 4.